The minimum absolute atomic E-state index is 0.0390. The molecule has 0 spiro atoms. The lowest BCUT2D eigenvalue weighted by molar-refractivity contribution is -0.116. The van der Waals surface area contributed by atoms with Gasteiger partial charge in [-0.3, -0.25) is 4.79 Å². The quantitative estimate of drug-likeness (QED) is 0.623. The normalized spacial score (nSPS) is 13.3. The lowest BCUT2D eigenvalue weighted by Crippen LogP contribution is -2.30. The van der Waals surface area contributed by atoms with Crippen molar-refractivity contribution in [3.05, 3.63) is 59.2 Å². The molecule has 0 saturated carbocycles. The van der Waals surface area contributed by atoms with Gasteiger partial charge >= 0.3 is 0 Å². The summed E-state index contributed by atoms with van der Waals surface area (Å²) in [5, 5.41) is 0. The molecule has 2 nitrogen and oxygen atoms in total. The fourth-order valence-electron chi connectivity index (χ4n) is 2.47. The molecule has 1 aliphatic rings. The van der Waals surface area contributed by atoms with Gasteiger partial charge in [-0.1, -0.05) is 0 Å². The van der Waals surface area contributed by atoms with Crippen LogP contribution in [0.4, 0.5) is 23.2 Å². The van der Waals surface area contributed by atoms with Gasteiger partial charge in [-0.2, -0.15) is 0 Å². The molecule has 0 N–H and O–H groups in total. The summed E-state index contributed by atoms with van der Waals surface area (Å²) in [4.78, 5) is 14.0. The molecule has 2 aromatic carbocycles. The monoisotopic (exact) mass is 341 g/mol. The maximum absolute atomic E-state index is 13.7. The second kappa shape index (κ2) is 6.23. The largest absolute Gasteiger partial charge is 0.311 e. The minimum atomic E-state index is -0.988. The maximum atomic E-state index is 13.7. The van der Waals surface area contributed by atoms with Gasteiger partial charge in [0.05, 0.1) is 11.4 Å². The lowest BCUT2D eigenvalue weighted by Gasteiger charge is -2.17. The summed E-state index contributed by atoms with van der Waals surface area (Å²) in [6, 6.07) is 5.28. The van der Waals surface area contributed by atoms with Crippen LogP contribution >= 0.6 is 11.8 Å². The smallest absolute Gasteiger partial charge is 0.237 e. The van der Waals surface area contributed by atoms with E-state index in [0.29, 0.717) is 16.9 Å². The number of rotatable bonds is 3. The summed E-state index contributed by atoms with van der Waals surface area (Å²) in [5.41, 5.74) is 0.552. The van der Waals surface area contributed by atoms with Crippen molar-refractivity contribution in [3.63, 3.8) is 0 Å². The van der Waals surface area contributed by atoms with Gasteiger partial charge < -0.3 is 4.90 Å². The predicted molar refractivity (Wildman–Crippen MR) is 79.5 cm³/mol. The fourth-order valence-corrected chi connectivity index (χ4v) is 3.27. The van der Waals surface area contributed by atoms with Crippen molar-refractivity contribution in [1.29, 1.82) is 0 Å². The molecule has 0 fully saturated rings. The zero-order valence-corrected chi connectivity index (χ0v) is 12.6. The molecule has 0 aliphatic carbocycles. The molecule has 2 aromatic rings. The molecule has 23 heavy (non-hydrogen) atoms. The highest BCUT2D eigenvalue weighted by Gasteiger charge is 2.27. The van der Waals surface area contributed by atoms with Gasteiger partial charge in [0.25, 0.3) is 0 Å². The van der Waals surface area contributed by atoms with Crippen molar-refractivity contribution in [2.75, 3.05) is 17.2 Å². The Kier molecular flexibility index (Phi) is 4.30. The molecule has 1 amide bonds. The molecular formula is C16H11F4NOS. The van der Waals surface area contributed by atoms with Crippen LogP contribution in [0, 0.1) is 23.3 Å². The van der Waals surface area contributed by atoms with Gasteiger partial charge in [0.2, 0.25) is 5.91 Å². The first-order valence-electron chi connectivity index (χ1n) is 6.82. The number of carbonyl (C=O) groups excluding carboxylic acids is 1. The van der Waals surface area contributed by atoms with Crippen molar-refractivity contribution in [2.45, 2.75) is 11.3 Å². The van der Waals surface area contributed by atoms with Crippen LogP contribution in [-0.2, 0) is 11.2 Å². The van der Waals surface area contributed by atoms with E-state index in [4.69, 9.17) is 0 Å². The number of halogens is 4. The molecule has 3 rings (SSSR count). The average molecular weight is 341 g/mol. The molecule has 1 heterocycles. The topological polar surface area (TPSA) is 20.3 Å². The van der Waals surface area contributed by atoms with E-state index in [1.807, 2.05) is 0 Å². The molecule has 7 heteroatoms. The lowest BCUT2D eigenvalue weighted by atomic mass is 10.1. The number of amides is 1. The average Bonchev–Trinajstić information content (AvgIpc) is 2.92. The Bertz CT molecular complexity index is 781. The number of carbonyl (C=O) groups is 1. The molecule has 0 saturated heterocycles. The molecule has 0 aromatic heterocycles. The number of anilines is 1. The number of fused-ring (bicyclic) bond motifs is 1. The van der Waals surface area contributed by atoms with Gasteiger partial charge in [-0.15, -0.1) is 11.8 Å². The van der Waals surface area contributed by atoms with Crippen LogP contribution in [0.1, 0.15) is 5.56 Å². The van der Waals surface area contributed by atoms with Gasteiger partial charge in [-0.05, 0) is 30.7 Å². The third-order valence-electron chi connectivity index (χ3n) is 3.57. The van der Waals surface area contributed by atoms with Crippen LogP contribution in [0.5, 0.6) is 0 Å². The van der Waals surface area contributed by atoms with E-state index in [2.05, 4.69) is 0 Å². The van der Waals surface area contributed by atoms with Gasteiger partial charge in [0, 0.05) is 23.1 Å². The Labute approximate surface area is 134 Å². The number of hydrogen-bond donors (Lipinski definition) is 0. The summed E-state index contributed by atoms with van der Waals surface area (Å²) in [5.74, 6) is -3.73. The number of nitrogens with zero attached hydrogens (tertiary/aromatic N) is 1. The molecule has 120 valence electrons. The Hall–Kier alpha value is -2.02. The van der Waals surface area contributed by atoms with E-state index in [1.165, 1.54) is 11.0 Å². The van der Waals surface area contributed by atoms with Gasteiger partial charge in [0.1, 0.15) is 11.6 Å². The van der Waals surface area contributed by atoms with Crippen LogP contribution in [0.15, 0.2) is 35.2 Å². The Balaban J connectivity index is 1.72. The van der Waals surface area contributed by atoms with Crippen LogP contribution in [-0.4, -0.2) is 18.2 Å². The van der Waals surface area contributed by atoms with E-state index in [9.17, 15) is 22.4 Å². The van der Waals surface area contributed by atoms with Crippen LogP contribution in [0.2, 0.25) is 0 Å². The van der Waals surface area contributed by atoms with E-state index >= 15 is 0 Å². The van der Waals surface area contributed by atoms with E-state index < -0.39 is 23.3 Å². The first-order valence-corrected chi connectivity index (χ1v) is 7.80. The van der Waals surface area contributed by atoms with Gasteiger partial charge in [0.15, 0.2) is 11.6 Å². The van der Waals surface area contributed by atoms with Crippen molar-refractivity contribution < 1.29 is 22.4 Å². The highest BCUT2D eigenvalue weighted by molar-refractivity contribution is 8.00. The van der Waals surface area contributed by atoms with Crippen molar-refractivity contribution in [3.8, 4) is 0 Å². The summed E-state index contributed by atoms with van der Waals surface area (Å²) < 4.78 is 53.0. The zero-order chi connectivity index (χ0) is 16.6. The molecule has 0 unspecified atom stereocenters. The molecule has 1 aliphatic heterocycles. The van der Waals surface area contributed by atoms with E-state index in [0.717, 1.165) is 36.0 Å². The number of hydrogen-bond acceptors (Lipinski definition) is 2. The highest BCUT2D eigenvalue weighted by Crippen LogP contribution is 2.32. The van der Waals surface area contributed by atoms with Crippen molar-refractivity contribution in [1.82, 2.24) is 0 Å². The fraction of sp³-hybridized carbons (Fsp3) is 0.188. The molecular weight excluding hydrogens is 330 g/mol. The SMILES string of the molecule is O=C(CSc1ccc(F)c(F)c1)N1CCc2c(F)cc(F)cc21. The number of benzene rings is 2. The Morgan fingerprint density at radius 1 is 1.04 bits per heavy atom. The standard InChI is InChI=1S/C16H11F4NOS/c17-9-5-13(19)11-3-4-21(15(11)6-9)16(22)8-23-10-1-2-12(18)14(20)7-10/h1-2,5-7H,3-4,8H2. The maximum Gasteiger partial charge on any atom is 0.237 e. The summed E-state index contributed by atoms with van der Waals surface area (Å²) >= 11 is 1.04. The Morgan fingerprint density at radius 3 is 2.57 bits per heavy atom. The third kappa shape index (κ3) is 3.19. The second-order valence-corrected chi connectivity index (χ2v) is 6.09. The zero-order valence-electron chi connectivity index (χ0n) is 11.8. The van der Waals surface area contributed by atoms with Crippen molar-refractivity contribution in [2.24, 2.45) is 0 Å². The number of thioether (sulfide) groups is 1. The summed E-state index contributed by atoms with van der Waals surface area (Å²) in [6.07, 6.45) is 0.322. The molecule has 0 radical (unpaired) electrons. The minimum Gasteiger partial charge on any atom is -0.311 e. The van der Waals surface area contributed by atoms with Crippen LogP contribution in [0.25, 0.3) is 0 Å². The highest BCUT2D eigenvalue weighted by atomic mass is 32.2. The van der Waals surface area contributed by atoms with Crippen LogP contribution in [0.3, 0.4) is 0 Å². The first-order chi connectivity index (χ1) is 11.0. The summed E-state index contributed by atoms with van der Waals surface area (Å²) in [6.45, 7) is 0.271. The Morgan fingerprint density at radius 2 is 1.83 bits per heavy atom. The molecule has 0 bridgehead atoms. The van der Waals surface area contributed by atoms with Crippen molar-refractivity contribution >= 4 is 23.4 Å². The second-order valence-electron chi connectivity index (χ2n) is 5.05. The first kappa shape index (κ1) is 15.9. The predicted octanol–water partition coefficient (Wildman–Crippen LogP) is 3.92. The van der Waals surface area contributed by atoms with Gasteiger partial charge in [-0.25, -0.2) is 17.6 Å². The summed E-state index contributed by atoms with van der Waals surface area (Å²) in [7, 11) is 0. The third-order valence-corrected chi connectivity index (χ3v) is 4.55. The van der Waals surface area contributed by atoms with Crippen LogP contribution < -0.4 is 4.90 Å². The molecule has 0 atom stereocenters. The van der Waals surface area contributed by atoms with E-state index in [-0.39, 0.29) is 23.9 Å². The van der Waals surface area contributed by atoms with E-state index in [1.54, 1.807) is 0 Å².